The molecule has 2 rings (SSSR count). The Morgan fingerprint density at radius 3 is 2.84 bits per heavy atom. The number of carbonyl (C=O) groups excluding carboxylic acids is 1. The van der Waals surface area contributed by atoms with E-state index in [-0.39, 0.29) is 25.2 Å². The first-order valence-electron chi connectivity index (χ1n) is 7.50. The molecular weight excluding hydrogens is 244 g/mol. The largest absolute Gasteiger partial charge is 0.396 e. The molecule has 110 valence electrons. The Balaban J connectivity index is 1.69. The average Bonchev–Trinajstić information content (AvgIpc) is 2.46. The predicted octanol–water partition coefficient (Wildman–Crippen LogP) is 0.376. The predicted molar refractivity (Wildman–Crippen MR) is 72.9 cm³/mol. The van der Waals surface area contributed by atoms with Gasteiger partial charge in [-0.05, 0) is 51.1 Å². The van der Waals surface area contributed by atoms with E-state index in [1.807, 2.05) is 4.90 Å². The average molecular weight is 270 g/mol. The lowest BCUT2D eigenvalue weighted by molar-refractivity contribution is -0.140. The molecular formula is C14H26N2O3. The van der Waals surface area contributed by atoms with E-state index < -0.39 is 0 Å². The second-order valence-electron chi connectivity index (χ2n) is 5.62. The molecule has 0 aromatic rings. The zero-order chi connectivity index (χ0) is 13.5. The highest BCUT2D eigenvalue weighted by Crippen LogP contribution is 2.19. The van der Waals surface area contributed by atoms with E-state index >= 15 is 0 Å². The lowest BCUT2D eigenvalue weighted by atomic mass is 9.95. The normalized spacial score (nSPS) is 25.5. The van der Waals surface area contributed by atoms with Gasteiger partial charge in [0.05, 0.1) is 6.10 Å². The van der Waals surface area contributed by atoms with Crippen LogP contribution in [0.5, 0.6) is 0 Å². The van der Waals surface area contributed by atoms with Crippen LogP contribution in [0.3, 0.4) is 0 Å². The summed E-state index contributed by atoms with van der Waals surface area (Å²) in [4.78, 5) is 14.0. The van der Waals surface area contributed by atoms with E-state index in [0.717, 1.165) is 58.3 Å². The molecule has 5 nitrogen and oxygen atoms in total. The van der Waals surface area contributed by atoms with Crippen molar-refractivity contribution >= 4 is 5.91 Å². The number of aliphatic hydroxyl groups excluding tert-OH is 1. The maximum absolute atomic E-state index is 12.1. The van der Waals surface area contributed by atoms with Crippen LogP contribution < -0.4 is 5.32 Å². The van der Waals surface area contributed by atoms with Crippen molar-refractivity contribution in [3.05, 3.63) is 0 Å². The van der Waals surface area contributed by atoms with Crippen molar-refractivity contribution in [3.8, 4) is 0 Å². The minimum Gasteiger partial charge on any atom is -0.396 e. The fraction of sp³-hybridized carbons (Fsp3) is 0.929. The highest BCUT2D eigenvalue weighted by molar-refractivity contribution is 5.77. The Bertz CT molecular complexity index is 278. The van der Waals surface area contributed by atoms with Gasteiger partial charge in [-0.3, -0.25) is 4.79 Å². The molecule has 2 saturated heterocycles. The van der Waals surface area contributed by atoms with Crippen LogP contribution in [0.15, 0.2) is 0 Å². The van der Waals surface area contributed by atoms with Gasteiger partial charge in [0, 0.05) is 19.7 Å². The number of amides is 1. The molecule has 0 saturated carbocycles. The Kier molecular flexibility index (Phi) is 6.07. The van der Waals surface area contributed by atoms with E-state index in [2.05, 4.69) is 5.32 Å². The highest BCUT2D eigenvalue weighted by atomic mass is 16.5. The van der Waals surface area contributed by atoms with Crippen molar-refractivity contribution in [1.82, 2.24) is 10.2 Å². The molecule has 1 atom stereocenters. The van der Waals surface area contributed by atoms with Crippen molar-refractivity contribution in [3.63, 3.8) is 0 Å². The van der Waals surface area contributed by atoms with Gasteiger partial charge in [0.2, 0.25) is 5.91 Å². The van der Waals surface area contributed by atoms with Crippen molar-refractivity contribution < 1.29 is 14.6 Å². The first-order chi connectivity index (χ1) is 9.29. The van der Waals surface area contributed by atoms with Crippen LogP contribution in [0.25, 0.3) is 0 Å². The minimum absolute atomic E-state index is 0.112. The number of carbonyl (C=O) groups is 1. The third-order valence-corrected chi connectivity index (χ3v) is 4.14. The molecule has 0 aromatic heterocycles. The molecule has 1 unspecified atom stereocenters. The standard InChI is InChI=1S/C14H26N2O3/c17-9-5-12-2-1-8-16(10-12)14(18)11-19-13-3-6-15-7-4-13/h12-13,15,17H,1-11H2. The number of likely N-dealkylation sites (tertiary alicyclic amines) is 1. The zero-order valence-electron chi connectivity index (χ0n) is 11.6. The van der Waals surface area contributed by atoms with Gasteiger partial charge in [0.1, 0.15) is 6.61 Å². The maximum Gasteiger partial charge on any atom is 0.248 e. The van der Waals surface area contributed by atoms with E-state index in [1.54, 1.807) is 0 Å². The number of rotatable bonds is 5. The van der Waals surface area contributed by atoms with Crippen molar-refractivity contribution in [2.75, 3.05) is 39.4 Å². The maximum atomic E-state index is 12.1. The first kappa shape index (κ1) is 14.8. The smallest absolute Gasteiger partial charge is 0.248 e. The first-order valence-corrected chi connectivity index (χ1v) is 7.50. The molecule has 2 N–H and O–H groups in total. The fourth-order valence-corrected chi connectivity index (χ4v) is 2.95. The van der Waals surface area contributed by atoms with Gasteiger partial charge in [-0.2, -0.15) is 0 Å². The van der Waals surface area contributed by atoms with E-state index in [0.29, 0.717) is 5.92 Å². The molecule has 19 heavy (non-hydrogen) atoms. The summed E-state index contributed by atoms with van der Waals surface area (Å²) in [6, 6.07) is 0. The Morgan fingerprint density at radius 2 is 2.11 bits per heavy atom. The lowest BCUT2D eigenvalue weighted by Gasteiger charge is -2.33. The van der Waals surface area contributed by atoms with Gasteiger partial charge in [-0.15, -0.1) is 0 Å². The van der Waals surface area contributed by atoms with Crippen LogP contribution in [-0.2, 0) is 9.53 Å². The molecule has 0 spiro atoms. The van der Waals surface area contributed by atoms with E-state index in [9.17, 15) is 4.79 Å². The Hall–Kier alpha value is -0.650. The molecule has 1 amide bonds. The Labute approximate surface area is 115 Å². The van der Waals surface area contributed by atoms with Crippen molar-refractivity contribution in [1.29, 1.82) is 0 Å². The summed E-state index contributed by atoms with van der Waals surface area (Å²) in [6.07, 6.45) is 5.21. The van der Waals surface area contributed by atoms with Crippen LogP contribution >= 0.6 is 0 Å². The van der Waals surface area contributed by atoms with Crippen molar-refractivity contribution in [2.45, 2.75) is 38.2 Å². The summed E-state index contributed by atoms with van der Waals surface area (Å²) >= 11 is 0. The second-order valence-corrected chi connectivity index (χ2v) is 5.62. The van der Waals surface area contributed by atoms with Gasteiger partial charge < -0.3 is 20.1 Å². The summed E-state index contributed by atoms with van der Waals surface area (Å²) in [5.41, 5.74) is 0. The van der Waals surface area contributed by atoms with Crippen LogP contribution in [0.4, 0.5) is 0 Å². The highest BCUT2D eigenvalue weighted by Gasteiger charge is 2.24. The third-order valence-electron chi connectivity index (χ3n) is 4.14. The van der Waals surface area contributed by atoms with Gasteiger partial charge in [-0.25, -0.2) is 0 Å². The number of hydrogen-bond acceptors (Lipinski definition) is 4. The summed E-state index contributed by atoms with van der Waals surface area (Å²) in [5, 5.41) is 12.3. The third kappa shape index (κ3) is 4.75. The Morgan fingerprint density at radius 1 is 1.32 bits per heavy atom. The summed E-state index contributed by atoms with van der Waals surface area (Å²) < 4.78 is 5.71. The molecule has 0 aliphatic carbocycles. The number of nitrogens with one attached hydrogen (secondary N) is 1. The molecule has 2 aliphatic heterocycles. The summed E-state index contributed by atoms with van der Waals surface area (Å²) in [6.45, 7) is 4.04. The lowest BCUT2D eigenvalue weighted by Crippen LogP contribution is -2.43. The molecule has 0 bridgehead atoms. The van der Waals surface area contributed by atoms with Gasteiger partial charge in [0.25, 0.3) is 0 Å². The number of nitrogens with zero attached hydrogens (tertiary/aromatic N) is 1. The number of aliphatic hydroxyl groups is 1. The molecule has 2 aliphatic rings. The van der Waals surface area contributed by atoms with E-state index in [1.165, 1.54) is 0 Å². The minimum atomic E-state index is 0.112. The molecule has 5 heteroatoms. The van der Waals surface area contributed by atoms with Gasteiger partial charge in [0.15, 0.2) is 0 Å². The number of ether oxygens (including phenoxy) is 1. The topological polar surface area (TPSA) is 61.8 Å². The van der Waals surface area contributed by atoms with Gasteiger partial charge >= 0.3 is 0 Å². The zero-order valence-corrected chi connectivity index (χ0v) is 11.6. The van der Waals surface area contributed by atoms with Crippen LogP contribution in [0.2, 0.25) is 0 Å². The molecule has 0 aromatic carbocycles. The van der Waals surface area contributed by atoms with Crippen LogP contribution in [0.1, 0.15) is 32.1 Å². The SMILES string of the molecule is O=C(COC1CCNCC1)N1CCCC(CCO)C1. The quantitative estimate of drug-likeness (QED) is 0.758. The molecule has 0 radical (unpaired) electrons. The summed E-state index contributed by atoms with van der Waals surface area (Å²) in [5.74, 6) is 0.572. The molecule has 2 fully saturated rings. The summed E-state index contributed by atoms with van der Waals surface area (Å²) in [7, 11) is 0. The van der Waals surface area contributed by atoms with Crippen molar-refractivity contribution in [2.24, 2.45) is 5.92 Å². The fourth-order valence-electron chi connectivity index (χ4n) is 2.95. The monoisotopic (exact) mass is 270 g/mol. The van der Waals surface area contributed by atoms with E-state index in [4.69, 9.17) is 9.84 Å². The second kappa shape index (κ2) is 7.82. The number of piperidine rings is 2. The molecule has 2 heterocycles. The van der Waals surface area contributed by atoms with Gasteiger partial charge in [-0.1, -0.05) is 0 Å². The van der Waals surface area contributed by atoms with Crippen LogP contribution in [-0.4, -0.2) is 61.4 Å². The van der Waals surface area contributed by atoms with Crippen LogP contribution in [0, 0.1) is 5.92 Å². The number of hydrogen-bond donors (Lipinski definition) is 2.